The molecule has 2 aromatic rings. The van der Waals surface area contributed by atoms with Gasteiger partial charge in [-0.1, -0.05) is 51.1 Å². The summed E-state index contributed by atoms with van der Waals surface area (Å²) in [5.41, 5.74) is 3.59. The van der Waals surface area contributed by atoms with E-state index in [1.807, 2.05) is 6.07 Å². The van der Waals surface area contributed by atoms with Crippen molar-refractivity contribution in [2.24, 2.45) is 0 Å². The smallest absolute Gasteiger partial charge is 0.151 e. The molecular formula is C15H21N3. The summed E-state index contributed by atoms with van der Waals surface area (Å²) in [4.78, 5) is 0. The first-order chi connectivity index (χ1) is 8.74. The van der Waals surface area contributed by atoms with Crippen LogP contribution in [-0.4, -0.2) is 16.7 Å². The van der Waals surface area contributed by atoms with Crippen molar-refractivity contribution in [2.45, 2.75) is 33.1 Å². The first-order valence-electron chi connectivity index (χ1n) is 6.61. The van der Waals surface area contributed by atoms with Gasteiger partial charge >= 0.3 is 0 Å². The number of anilines is 1. The maximum Gasteiger partial charge on any atom is 0.151 e. The number of aromatic nitrogens is 2. The SMILES string of the molecule is CCCNc1n[nH]c(-c2ccccc2)c1C(C)C. The van der Waals surface area contributed by atoms with Gasteiger partial charge < -0.3 is 5.32 Å². The lowest BCUT2D eigenvalue weighted by molar-refractivity contribution is 0.865. The summed E-state index contributed by atoms with van der Waals surface area (Å²) >= 11 is 0. The van der Waals surface area contributed by atoms with Crippen LogP contribution in [0.5, 0.6) is 0 Å². The van der Waals surface area contributed by atoms with Gasteiger partial charge in [0.15, 0.2) is 5.82 Å². The molecule has 1 aromatic heterocycles. The highest BCUT2D eigenvalue weighted by Gasteiger charge is 2.16. The van der Waals surface area contributed by atoms with E-state index in [2.05, 4.69) is 60.6 Å². The standard InChI is InChI=1S/C15H21N3/c1-4-10-16-15-13(11(2)3)14(17-18-15)12-8-6-5-7-9-12/h5-9,11H,4,10H2,1-3H3,(H2,16,17,18). The summed E-state index contributed by atoms with van der Waals surface area (Å²) in [6.45, 7) is 7.52. The Morgan fingerprint density at radius 3 is 2.56 bits per heavy atom. The number of nitrogens with zero attached hydrogens (tertiary/aromatic N) is 1. The molecule has 2 N–H and O–H groups in total. The van der Waals surface area contributed by atoms with Crippen molar-refractivity contribution in [1.29, 1.82) is 0 Å². The number of hydrogen-bond donors (Lipinski definition) is 2. The number of aromatic amines is 1. The lowest BCUT2D eigenvalue weighted by Crippen LogP contribution is -2.03. The Morgan fingerprint density at radius 1 is 1.22 bits per heavy atom. The molecule has 2 rings (SSSR count). The Hall–Kier alpha value is -1.77. The first kappa shape index (κ1) is 12.7. The molecule has 96 valence electrons. The van der Waals surface area contributed by atoms with Gasteiger partial charge in [-0.3, -0.25) is 5.10 Å². The van der Waals surface area contributed by atoms with Crippen LogP contribution < -0.4 is 5.32 Å². The molecule has 0 aliphatic rings. The lowest BCUT2D eigenvalue weighted by Gasteiger charge is -2.10. The molecule has 1 aromatic carbocycles. The van der Waals surface area contributed by atoms with E-state index in [0.29, 0.717) is 5.92 Å². The molecule has 18 heavy (non-hydrogen) atoms. The van der Waals surface area contributed by atoms with Crippen LogP contribution in [0.1, 0.15) is 38.7 Å². The molecule has 0 spiro atoms. The molecule has 0 fully saturated rings. The summed E-state index contributed by atoms with van der Waals surface area (Å²) < 4.78 is 0. The highest BCUT2D eigenvalue weighted by Crippen LogP contribution is 2.32. The van der Waals surface area contributed by atoms with E-state index >= 15 is 0 Å². The molecule has 0 saturated carbocycles. The third kappa shape index (κ3) is 2.55. The topological polar surface area (TPSA) is 40.7 Å². The fourth-order valence-corrected chi connectivity index (χ4v) is 2.12. The fraction of sp³-hybridized carbons (Fsp3) is 0.400. The lowest BCUT2D eigenvalue weighted by atomic mass is 9.98. The zero-order valence-corrected chi connectivity index (χ0v) is 11.3. The van der Waals surface area contributed by atoms with Gasteiger partial charge in [0.25, 0.3) is 0 Å². The monoisotopic (exact) mass is 243 g/mol. The third-order valence-corrected chi connectivity index (χ3v) is 2.99. The van der Waals surface area contributed by atoms with Crippen LogP contribution in [0.15, 0.2) is 30.3 Å². The average Bonchev–Trinajstić information content (AvgIpc) is 2.81. The normalized spacial score (nSPS) is 10.9. The minimum Gasteiger partial charge on any atom is -0.368 e. The molecule has 1 heterocycles. The molecule has 0 radical (unpaired) electrons. The second kappa shape index (κ2) is 5.71. The van der Waals surface area contributed by atoms with Crippen molar-refractivity contribution in [3.05, 3.63) is 35.9 Å². The molecule has 3 nitrogen and oxygen atoms in total. The average molecular weight is 243 g/mol. The van der Waals surface area contributed by atoms with Crippen molar-refractivity contribution in [3.63, 3.8) is 0 Å². The number of hydrogen-bond acceptors (Lipinski definition) is 2. The van der Waals surface area contributed by atoms with Crippen LogP contribution in [0.4, 0.5) is 5.82 Å². The van der Waals surface area contributed by atoms with Gasteiger partial charge in [-0.05, 0) is 17.9 Å². The third-order valence-electron chi connectivity index (χ3n) is 2.99. The molecule has 0 aliphatic carbocycles. The molecule has 0 atom stereocenters. The van der Waals surface area contributed by atoms with E-state index in [-0.39, 0.29) is 0 Å². The summed E-state index contributed by atoms with van der Waals surface area (Å²) in [6.07, 6.45) is 1.10. The molecule has 0 bridgehead atoms. The number of H-pyrrole nitrogens is 1. The largest absolute Gasteiger partial charge is 0.368 e. The summed E-state index contributed by atoms with van der Waals surface area (Å²) in [5, 5.41) is 11.0. The van der Waals surface area contributed by atoms with E-state index in [9.17, 15) is 0 Å². The highest BCUT2D eigenvalue weighted by atomic mass is 15.2. The predicted molar refractivity (Wildman–Crippen MR) is 76.9 cm³/mol. The Balaban J connectivity index is 2.39. The molecule has 0 saturated heterocycles. The summed E-state index contributed by atoms with van der Waals surface area (Å²) in [6, 6.07) is 10.4. The van der Waals surface area contributed by atoms with Crippen molar-refractivity contribution in [2.75, 3.05) is 11.9 Å². The van der Waals surface area contributed by atoms with Gasteiger partial charge in [-0.2, -0.15) is 5.10 Å². The number of benzene rings is 1. The van der Waals surface area contributed by atoms with E-state index in [1.165, 1.54) is 11.1 Å². The van der Waals surface area contributed by atoms with E-state index in [0.717, 1.165) is 24.5 Å². The van der Waals surface area contributed by atoms with Crippen molar-refractivity contribution in [3.8, 4) is 11.3 Å². The quantitative estimate of drug-likeness (QED) is 0.832. The van der Waals surface area contributed by atoms with Crippen LogP contribution in [0, 0.1) is 0 Å². The Morgan fingerprint density at radius 2 is 1.94 bits per heavy atom. The molecular weight excluding hydrogens is 222 g/mol. The first-order valence-corrected chi connectivity index (χ1v) is 6.61. The minimum atomic E-state index is 0.443. The van der Waals surface area contributed by atoms with Crippen molar-refractivity contribution < 1.29 is 0 Å². The zero-order valence-electron chi connectivity index (χ0n) is 11.3. The van der Waals surface area contributed by atoms with Crippen molar-refractivity contribution >= 4 is 5.82 Å². The molecule has 0 amide bonds. The van der Waals surface area contributed by atoms with Crippen LogP contribution in [-0.2, 0) is 0 Å². The van der Waals surface area contributed by atoms with Crippen LogP contribution in [0.3, 0.4) is 0 Å². The fourth-order valence-electron chi connectivity index (χ4n) is 2.12. The van der Waals surface area contributed by atoms with Gasteiger partial charge in [0.2, 0.25) is 0 Å². The van der Waals surface area contributed by atoms with Gasteiger partial charge in [-0.15, -0.1) is 0 Å². The highest BCUT2D eigenvalue weighted by molar-refractivity contribution is 5.69. The van der Waals surface area contributed by atoms with Crippen LogP contribution >= 0.6 is 0 Å². The number of nitrogens with one attached hydrogen (secondary N) is 2. The zero-order chi connectivity index (χ0) is 13.0. The van der Waals surface area contributed by atoms with Gasteiger partial charge in [0.1, 0.15) is 0 Å². The van der Waals surface area contributed by atoms with E-state index in [1.54, 1.807) is 0 Å². The maximum absolute atomic E-state index is 4.42. The van der Waals surface area contributed by atoms with Crippen molar-refractivity contribution in [1.82, 2.24) is 10.2 Å². The van der Waals surface area contributed by atoms with Crippen LogP contribution in [0.2, 0.25) is 0 Å². The molecule has 0 unspecified atom stereocenters. The predicted octanol–water partition coefficient (Wildman–Crippen LogP) is 4.02. The van der Waals surface area contributed by atoms with E-state index < -0.39 is 0 Å². The van der Waals surface area contributed by atoms with Gasteiger partial charge in [-0.25, -0.2) is 0 Å². The maximum atomic E-state index is 4.42. The van der Waals surface area contributed by atoms with E-state index in [4.69, 9.17) is 0 Å². The second-order valence-electron chi connectivity index (χ2n) is 4.81. The molecule has 0 aliphatic heterocycles. The Kier molecular flexibility index (Phi) is 4.03. The Bertz CT molecular complexity index is 486. The summed E-state index contributed by atoms with van der Waals surface area (Å²) in [7, 11) is 0. The second-order valence-corrected chi connectivity index (χ2v) is 4.81. The Labute approximate surface area is 109 Å². The number of rotatable bonds is 5. The van der Waals surface area contributed by atoms with Crippen LogP contribution in [0.25, 0.3) is 11.3 Å². The van der Waals surface area contributed by atoms with Gasteiger partial charge in [0.05, 0.1) is 5.69 Å². The van der Waals surface area contributed by atoms with Gasteiger partial charge in [0, 0.05) is 12.1 Å². The minimum absolute atomic E-state index is 0.443. The summed E-state index contributed by atoms with van der Waals surface area (Å²) in [5.74, 6) is 1.43. The molecule has 3 heteroatoms.